The molecular formula is C18H21ClO3. The maximum absolute atomic E-state index is 11.4. The van der Waals surface area contributed by atoms with Crippen molar-refractivity contribution in [2.75, 3.05) is 5.88 Å². The van der Waals surface area contributed by atoms with E-state index in [9.17, 15) is 4.79 Å². The Morgan fingerprint density at radius 1 is 1.41 bits per heavy atom. The Kier molecular flexibility index (Phi) is 5.30. The largest absolute Gasteiger partial charge is 0.483 e. The first-order valence-electron chi connectivity index (χ1n) is 7.35. The van der Waals surface area contributed by atoms with Gasteiger partial charge in [-0.1, -0.05) is 17.7 Å². The molecule has 1 aliphatic rings. The zero-order valence-corrected chi connectivity index (χ0v) is 13.9. The van der Waals surface area contributed by atoms with Crippen molar-refractivity contribution in [3.8, 4) is 11.5 Å². The molecule has 1 atom stereocenters. The molecule has 1 heterocycles. The van der Waals surface area contributed by atoms with Crippen LogP contribution in [0.5, 0.6) is 11.5 Å². The van der Waals surface area contributed by atoms with Crippen LogP contribution < -0.4 is 9.47 Å². The smallest absolute Gasteiger partial charge is 0.326 e. The summed E-state index contributed by atoms with van der Waals surface area (Å²) >= 11 is 5.48. The lowest BCUT2D eigenvalue weighted by Crippen LogP contribution is -2.31. The Morgan fingerprint density at radius 2 is 2.18 bits per heavy atom. The number of ether oxygens (including phenoxy) is 2. The van der Waals surface area contributed by atoms with Crippen LogP contribution in [0, 0.1) is 0 Å². The average Bonchev–Trinajstić information content (AvgIpc) is 2.46. The van der Waals surface area contributed by atoms with E-state index in [0.717, 1.165) is 24.2 Å². The zero-order chi connectivity index (χ0) is 16.2. The van der Waals surface area contributed by atoms with Crippen molar-refractivity contribution in [3.63, 3.8) is 0 Å². The summed E-state index contributed by atoms with van der Waals surface area (Å²) in [7, 11) is 0. The van der Waals surface area contributed by atoms with Crippen LogP contribution in [0.2, 0.25) is 0 Å². The monoisotopic (exact) mass is 320 g/mol. The normalized spacial score (nSPS) is 19.1. The fraction of sp³-hybridized carbons (Fsp3) is 0.389. The van der Waals surface area contributed by atoms with Crippen LogP contribution in [0.25, 0.3) is 6.08 Å². The van der Waals surface area contributed by atoms with E-state index in [1.165, 1.54) is 5.57 Å². The summed E-state index contributed by atoms with van der Waals surface area (Å²) in [4.78, 5) is 11.4. The van der Waals surface area contributed by atoms with Crippen molar-refractivity contribution in [1.82, 2.24) is 0 Å². The second-order valence-corrected chi connectivity index (χ2v) is 6.11. The molecule has 0 N–H and O–H groups in total. The summed E-state index contributed by atoms with van der Waals surface area (Å²) in [6.07, 6.45) is 8.03. The molecule has 0 bridgehead atoms. The topological polar surface area (TPSA) is 35.5 Å². The number of fused-ring (bicyclic) bond motifs is 1. The number of halogens is 1. The molecule has 0 aliphatic carbocycles. The van der Waals surface area contributed by atoms with E-state index in [1.807, 2.05) is 24.3 Å². The SMILES string of the molecule is CC(C)=CCCC1(C)C=Cc2c(OC(=O)CCl)cccc2O1. The number of carbonyl (C=O) groups is 1. The van der Waals surface area contributed by atoms with Crippen LogP contribution in [-0.4, -0.2) is 17.5 Å². The number of carbonyl (C=O) groups excluding carboxylic acids is 1. The lowest BCUT2D eigenvalue weighted by molar-refractivity contribution is -0.131. The summed E-state index contributed by atoms with van der Waals surface area (Å²) in [6, 6.07) is 5.43. The predicted octanol–water partition coefficient (Wildman–Crippen LogP) is 4.74. The summed E-state index contributed by atoms with van der Waals surface area (Å²) in [5, 5.41) is 0. The lowest BCUT2D eigenvalue weighted by atomic mass is 9.94. The maximum Gasteiger partial charge on any atom is 0.326 e. The molecule has 0 spiro atoms. The van der Waals surface area contributed by atoms with Crippen LogP contribution >= 0.6 is 11.6 Å². The minimum Gasteiger partial charge on any atom is -0.483 e. The summed E-state index contributed by atoms with van der Waals surface area (Å²) in [5.74, 6) is 0.558. The van der Waals surface area contributed by atoms with E-state index < -0.39 is 5.97 Å². The summed E-state index contributed by atoms with van der Waals surface area (Å²) in [5.41, 5.74) is 1.73. The van der Waals surface area contributed by atoms with Crippen LogP contribution in [0.15, 0.2) is 35.9 Å². The van der Waals surface area contributed by atoms with Gasteiger partial charge in [0, 0.05) is 0 Å². The minimum absolute atomic E-state index is 0.172. The molecule has 118 valence electrons. The highest BCUT2D eigenvalue weighted by molar-refractivity contribution is 6.26. The maximum atomic E-state index is 11.4. The Hall–Kier alpha value is -1.74. The third-order valence-electron chi connectivity index (χ3n) is 3.50. The molecule has 1 aromatic rings. The molecule has 0 saturated heterocycles. The third-order valence-corrected chi connectivity index (χ3v) is 3.72. The fourth-order valence-corrected chi connectivity index (χ4v) is 2.40. The van der Waals surface area contributed by atoms with Gasteiger partial charge in [-0.3, -0.25) is 4.79 Å². The number of rotatable bonds is 5. The van der Waals surface area contributed by atoms with Gasteiger partial charge >= 0.3 is 5.97 Å². The van der Waals surface area contributed by atoms with Gasteiger partial charge in [0.1, 0.15) is 23.0 Å². The molecule has 22 heavy (non-hydrogen) atoms. The quantitative estimate of drug-likeness (QED) is 0.340. The van der Waals surface area contributed by atoms with E-state index in [2.05, 4.69) is 26.8 Å². The highest BCUT2D eigenvalue weighted by Gasteiger charge is 2.28. The van der Waals surface area contributed by atoms with Gasteiger partial charge in [0.05, 0.1) is 5.56 Å². The van der Waals surface area contributed by atoms with E-state index >= 15 is 0 Å². The molecule has 3 nitrogen and oxygen atoms in total. The Labute approximate surface area is 136 Å². The van der Waals surface area contributed by atoms with Crippen molar-refractivity contribution in [2.24, 2.45) is 0 Å². The van der Waals surface area contributed by atoms with Crippen molar-refractivity contribution in [1.29, 1.82) is 0 Å². The van der Waals surface area contributed by atoms with Gasteiger partial charge in [-0.25, -0.2) is 0 Å². The lowest BCUT2D eigenvalue weighted by Gasteiger charge is -2.32. The second kappa shape index (κ2) is 7.01. The highest BCUT2D eigenvalue weighted by Crippen LogP contribution is 2.38. The van der Waals surface area contributed by atoms with E-state index in [4.69, 9.17) is 21.1 Å². The first-order valence-corrected chi connectivity index (χ1v) is 7.88. The molecule has 0 amide bonds. The van der Waals surface area contributed by atoms with Crippen molar-refractivity contribution < 1.29 is 14.3 Å². The fourth-order valence-electron chi connectivity index (χ4n) is 2.34. The molecule has 1 aromatic carbocycles. The molecular weight excluding hydrogens is 300 g/mol. The van der Waals surface area contributed by atoms with Crippen molar-refractivity contribution in [3.05, 3.63) is 41.5 Å². The minimum atomic E-state index is -0.472. The van der Waals surface area contributed by atoms with Crippen molar-refractivity contribution in [2.45, 2.75) is 39.2 Å². The van der Waals surface area contributed by atoms with Crippen LogP contribution in [0.1, 0.15) is 39.2 Å². The van der Waals surface area contributed by atoms with Crippen molar-refractivity contribution >= 4 is 23.6 Å². The summed E-state index contributed by atoms with van der Waals surface area (Å²) < 4.78 is 11.3. The molecule has 1 aliphatic heterocycles. The van der Waals surface area contributed by atoms with Gasteiger partial charge in [-0.2, -0.15) is 0 Å². The Bertz CT molecular complexity index is 615. The molecule has 0 fully saturated rings. The predicted molar refractivity (Wildman–Crippen MR) is 89.5 cm³/mol. The van der Waals surface area contributed by atoms with E-state index in [-0.39, 0.29) is 11.5 Å². The molecule has 0 aromatic heterocycles. The number of esters is 1. The standard InChI is InChI=1S/C18H21ClO3/c1-13(2)6-5-10-18(3)11-9-14-15(21-17(20)12-19)7-4-8-16(14)22-18/h4,6-9,11H,5,10,12H2,1-3H3. The molecule has 2 rings (SSSR count). The second-order valence-electron chi connectivity index (χ2n) is 5.84. The number of allylic oxidation sites excluding steroid dienone is 2. The zero-order valence-electron chi connectivity index (χ0n) is 13.2. The molecule has 4 heteroatoms. The van der Waals surface area contributed by atoms with Gasteiger partial charge in [-0.15, -0.1) is 11.6 Å². The van der Waals surface area contributed by atoms with Crippen LogP contribution in [0.3, 0.4) is 0 Å². The van der Waals surface area contributed by atoms with Crippen LogP contribution in [-0.2, 0) is 4.79 Å². The van der Waals surface area contributed by atoms with Gasteiger partial charge in [0.25, 0.3) is 0 Å². The highest BCUT2D eigenvalue weighted by atomic mass is 35.5. The van der Waals surface area contributed by atoms with E-state index in [1.54, 1.807) is 6.07 Å². The van der Waals surface area contributed by atoms with Gasteiger partial charge in [0.15, 0.2) is 0 Å². The number of hydrogen-bond acceptors (Lipinski definition) is 3. The molecule has 1 unspecified atom stereocenters. The molecule has 0 radical (unpaired) electrons. The first kappa shape index (κ1) is 16.6. The van der Waals surface area contributed by atoms with Crippen LogP contribution in [0.4, 0.5) is 0 Å². The average molecular weight is 321 g/mol. The number of alkyl halides is 1. The third kappa shape index (κ3) is 4.14. The summed E-state index contributed by atoms with van der Waals surface area (Å²) in [6.45, 7) is 6.24. The number of hydrogen-bond donors (Lipinski definition) is 0. The van der Waals surface area contributed by atoms with Gasteiger partial charge in [-0.05, 0) is 57.9 Å². The van der Waals surface area contributed by atoms with E-state index in [0.29, 0.717) is 5.75 Å². The molecule has 0 saturated carbocycles. The first-order chi connectivity index (χ1) is 10.4. The van der Waals surface area contributed by atoms with Gasteiger partial charge < -0.3 is 9.47 Å². The Morgan fingerprint density at radius 3 is 2.86 bits per heavy atom. The number of benzene rings is 1. The Balaban J connectivity index is 2.17. The van der Waals surface area contributed by atoms with Gasteiger partial charge in [0.2, 0.25) is 0 Å².